The third-order valence-electron chi connectivity index (χ3n) is 3.77. The molecule has 3 rings (SSSR count). The Hall–Kier alpha value is -3.09. The second-order valence-corrected chi connectivity index (χ2v) is 5.63. The van der Waals surface area contributed by atoms with Gasteiger partial charge in [0, 0.05) is 6.20 Å². The predicted octanol–water partition coefficient (Wildman–Crippen LogP) is 3.06. The predicted molar refractivity (Wildman–Crippen MR) is 91.9 cm³/mol. The van der Waals surface area contributed by atoms with Crippen LogP contribution in [0, 0.1) is 6.92 Å². The zero-order valence-electron chi connectivity index (χ0n) is 14.4. The first-order valence-electron chi connectivity index (χ1n) is 8.10. The van der Waals surface area contributed by atoms with Crippen molar-refractivity contribution in [1.82, 2.24) is 20.3 Å². The number of nitrogens with zero attached hydrogens (tertiary/aromatic N) is 3. The van der Waals surface area contributed by atoms with Crippen LogP contribution in [0.3, 0.4) is 0 Å². The van der Waals surface area contributed by atoms with E-state index in [4.69, 9.17) is 9.26 Å². The summed E-state index contributed by atoms with van der Waals surface area (Å²) in [5.74, 6) is 0.0363. The first kappa shape index (κ1) is 16.8. The van der Waals surface area contributed by atoms with Crippen LogP contribution in [-0.4, -0.2) is 27.5 Å². The number of carbonyl (C=O) groups excluding carboxylic acids is 1. The van der Waals surface area contributed by atoms with Crippen LogP contribution < -0.4 is 10.1 Å². The van der Waals surface area contributed by atoms with Crippen LogP contribution >= 0.6 is 0 Å². The summed E-state index contributed by atoms with van der Waals surface area (Å²) in [6.07, 6.45) is 1.88. The normalized spacial score (nSPS) is 12.0. The molecule has 0 aliphatic heterocycles. The number of aryl methyl sites for hydroxylation is 1. The second kappa shape index (κ2) is 7.21. The van der Waals surface area contributed by atoms with Crippen LogP contribution in [0.15, 0.2) is 47.1 Å². The Labute approximate surface area is 145 Å². The zero-order valence-corrected chi connectivity index (χ0v) is 14.4. The molecule has 1 aromatic carbocycles. The van der Waals surface area contributed by atoms with Gasteiger partial charge in [-0.15, -0.1) is 0 Å². The molecule has 2 heterocycles. The van der Waals surface area contributed by atoms with Gasteiger partial charge in [-0.3, -0.25) is 4.79 Å². The van der Waals surface area contributed by atoms with Gasteiger partial charge in [-0.25, -0.2) is 4.68 Å². The van der Waals surface area contributed by atoms with Crippen molar-refractivity contribution in [2.24, 2.45) is 0 Å². The molecule has 1 unspecified atom stereocenters. The number of hydrogen-bond donors (Lipinski definition) is 1. The maximum absolute atomic E-state index is 12.2. The third-order valence-corrected chi connectivity index (χ3v) is 3.77. The molecular weight excluding hydrogens is 320 g/mol. The molecule has 0 bridgehead atoms. The number of rotatable bonds is 6. The molecule has 0 aliphatic carbocycles. The average Bonchev–Trinajstić information content (AvgIpc) is 3.25. The van der Waals surface area contributed by atoms with E-state index in [1.54, 1.807) is 4.68 Å². The van der Waals surface area contributed by atoms with Crippen molar-refractivity contribution < 1.29 is 14.1 Å². The molecule has 1 amide bonds. The quantitative estimate of drug-likeness (QED) is 0.746. The van der Waals surface area contributed by atoms with Gasteiger partial charge in [-0.05, 0) is 43.6 Å². The Morgan fingerprint density at radius 2 is 2.16 bits per heavy atom. The molecule has 1 atom stereocenters. The summed E-state index contributed by atoms with van der Waals surface area (Å²) in [6.45, 7) is 6.19. The van der Waals surface area contributed by atoms with E-state index in [1.165, 1.54) is 6.07 Å². The van der Waals surface area contributed by atoms with Crippen LogP contribution in [0.1, 0.15) is 41.7 Å². The van der Waals surface area contributed by atoms with Gasteiger partial charge in [0.25, 0.3) is 11.8 Å². The number of hydrogen-bond acceptors (Lipinski definition) is 5. The molecule has 130 valence electrons. The van der Waals surface area contributed by atoms with Crippen LogP contribution in [0.25, 0.3) is 5.69 Å². The van der Waals surface area contributed by atoms with Crippen molar-refractivity contribution in [3.05, 3.63) is 59.6 Å². The number of benzene rings is 1. The maximum atomic E-state index is 12.2. The van der Waals surface area contributed by atoms with Gasteiger partial charge in [0.1, 0.15) is 0 Å². The fraction of sp³-hybridized carbons (Fsp3) is 0.278. The number of aromatic nitrogens is 3. The first-order valence-corrected chi connectivity index (χ1v) is 8.10. The van der Waals surface area contributed by atoms with E-state index in [1.807, 2.05) is 57.3 Å². The lowest BCUT2D eigenvalue weighted by Gasteiger charge is -2.10. The Bertz CT molecular complexity index is 869. The van der Waals surface area contributed by atoms with Crippen LogP contribution in [0.2, 0.25) is 0 Å². The molecule has 0 aliphatic rings. The molecule has 25 heavy (non-hydrogen) atoms. The van der Waals surface area contributed by atoms with E-state index in [0.29, 0.717) is 12.5 Å². The number of ether oxygens (including phenoxy) is 1. The lowest BCUT2D eigenvalue weighted by Crippen LogP contribution is -2.26. The number of para-hydroxylation sites is 1. The van der Waals surface area contributed by atoms with E-state index in [-0.39, 0.29) is 17.7 Å². The van der Waals surface area contributed by atoms with Gasteiger partial charge in [0.05, 0.1) is 30.1 Å². The topological polar surface area (TPSA) is 82.2 Å². The Morgan fingerprint density at radius 1 is 1.36 bits per heavy atom. The standard InChI is InChI=1S/C18H20N4O3/c1-4-24-17-11-16(25-21-17)18(23)19-13(3)14-9-10-22(20-14)15-8-6-5-7-12(15)2/h5-11,13H,4H2,1-3H3,(H,19,23). The molecule has 1 N–H and O–H groups in total. The first-order chi connectivity index (χ1) is 12.1. The van der Waals surface area contributed by atoms with Crippen molar-refractivity contribution in [2.75, 3.05) is 6.61 Å². The minimum atomic E-state index is -0.364. The molecule has 2 aromatic heterocycles. The molecule has 0 spiro atoms. The fourth-order valence-electron chi connectivity index (χ4n) is 2.45. The van der Waals surface area contributed by atoms with Crippen molar-refractivity contribution in [3.63, 3.8) is 0 Å². The van der Waals surface area contributed by atoms with Crippen molar-refractivity contribution in [3.8, 4) is 11.6 Å². The summed E-state index contributed by atoms with van der Waals surface area (Å²) in [5, 5.41) is 11.1. The van der Waals surface area contributed by atoms with E-state index in [0.717, 1.165) is 16.9 Å². The summed E-state index contributed by atoms with van der Waals surface area (Å²) in [6, 6.07) is 11.1. The van der Waals surface area contributed by atoms with Crippen molar-refractivity contribution in [2.45, 2.75) is 26.8 Å². The summed E-state index contributed by atoms with van der Waals surface area (Å²) in [7, 11) is 0. The van der Waals surface area contributed by atoms with Crippen LogP contribution in [-0.2, 0) is 0 Å². The molecule has 7 heteroatoms. The number of carbonyl (C=O) groups is 1. The van der Waals surface area contributed by atoms with Gasteiger partial charge >= 0.3 is 0 Å². The Morgan fingerprint density at radius 3 is 2.92 bits per heavy atom. The molecule has 0 fully saturated rings. The van der Waals surface area contributed by atoms with Gasteiger partial charge in [-0.1, -0.05) is 18.2 Å². The van der Waals surface area contributed by atoms with Gasteiger partial charge in [0.15, 0.2) is 0 Å². The minimum absolute atomic E-state index is 0.105. The molecule has 3 aromatic rings. The van der Waals surface area contributed by atoms with Crippen LogP contribution in [0.5, 0.6) is 5.88 Å². The van der Waals surface area contributed by atoms with Crippen molar-refractivity contribution in [1.29, 1.82) is 0 Å². The Kier molecular flexibility index (Phi) is 4.83. The second-order valence-electron chi connectivity index (χ2n) is 5.63. The molecule has 7 nitrogen and oxygen atoms in total. The number of amides is 1. The summed E-state index contributed by atoms with van der Waals surface area (Å²) in [4.78, 5) is 12.2. The maximum Gasteiger partial charge on any atom is 0.290 e. The smallest absolute Gasteiger partial charge is 0.290 e. The average molecular weight is 340 g/mol. The lowest BCUT2D eigenvalue weighted by atomic mass is 10.2. The van der Waals surface area contributed by atoms with Crippen molar-refractivity contribution >= 4 is 5.91 Å². The highest BCUT2D eigenvalue weighted by Gasteiger charge is 2.18. The largest absolute Gasteiger partial charge is 0.476 e. The van der Waals surface area contributed by atoms with Gasteiger partial charge in [-0.2, -0.15) is 5.10 Å². The monoisotopic (exact) mass is 340 g/mol. The highest BCUT2D eigenvalue weighted by atomic mass is 16.5. The van der Waals surface area contributed by atoms with Gasteiger partial charge < -0.3 is 14.6 Å². The summed E-state index contributed by atoms with van der Waals surface area (Å²) >= 11 is 0. The van der Waals surface area contributed by atoms with Gasteiger partial charge in [0.2, 0.25) is 5.76 Å². The van der Waals surface area contributed by atoms with Crippen LogP contribution in [0.4, 0.5) is 0 Å². The molecular formula is C18H20N4O3. The fourth-order valence-corrected chi connectivity index (χ4v) is 2.45. The molecule has 0 saturated heterocycles. The molecule has 0 saturated carbocycles. The van der Waals surface area contributed by atoms with E-state index < -0.39 is 0 Å². The SMILES string of the molecule is CCOc1cc(C(=O)NC(C)c2ccn(-c3ccccc3C)n2)on1. The van der Waals surface area contributed by atoms with E-state index in [2.05, 4.69) is 15.6 Å². The van der Waals surface area contributed by atoms with E-state index >= 15 is 0 Å². The lowest BCUT2D eigenvalue weighted by molar-refractivity contribution is 0.0901. The molecule has 0 radical (unpaired) electrons. The number of nitrogens with one attached hydrogen (secondary N) is 1. The summed E-state index contributed by atoms with van der Waals surface area (Å²) < 4.78 is 12.0. The van der Waals surface area contributed by atoms with E-state index in [9.17, 15) is 4.79 Å². The summed E-state index contributed by atoms with van der Waals surface area (Å²) in [5.41, 5.74) is 2.88. The highest BCUT2D eigenvalue weighted by Crippen LogP contribution is 2.17. The minimum Gasteiger partial charge on any atom is -0.476 e. The Balaban J connectivity index is 1.70. The highest BCUT2D eigenvalue weighted by molar-refractivity contribution is 5.91. The zero-order chi connectivity index (χ0) is 17.8. The third kappa shape index (κ3) is 3.71.